The van der Waals surface area contributed by atoms with E-state index in [-0.39, 0.29) is 5.91 Å². The minimum absolute atomic E-state index is 0.0350. The van der Waals surface area contributed by atoms with E-state index in [9.17, 15) is 14.7 Å². The van der Waals surface area contributed by atoms with E-state index in [1.165, 1.54) is 0 Å². The number of H-pyrrole nitrogens is 1. The van der Waals surface area contributed by atoms with Gasteiger partial charge in [-0.25, -0.2) is 0 Å². The fraction of sp³-hybridized carbons (Fsp3) is 0.167. The normalized spacial score (nSPS) is 14.3. The van der Waals surface area contributed by atoms with Gasteiger partial charge in [0, 0.05) is 65.7 Å². The molecule has 1 aromatic heterocycles. The molecule has 1 aliphatic rings. The topological polar surface area (TPSA) is 76.6 Å². The third-order valence-corrected chi connectivity index (χ3v) is 7.80. The van der Waals surface area contributed by atoms with E-state index in [2.05, 4.69) is 28.8 Å². The molecule has 0 saturated carbocycles. The van der Waals surface area contributed by atoms with E-state index in [1.54, 1.807) is 36.4 Å². The van der Waals surface area contributed by atoms with Crippen molar-refractivity contribution < 1.29 is 14.7 Å². The highest BCUT2D eigenvalue weighted by Gasteiger charge is 2.24. The third-order valence-electron chi connectivity index (χ3n) is 7.80. The number of ketones is 1. The third kappa shape index (κ3) is 5.61. The summed E-state index contributed by atoms with van der Waals surface area (Å²) in [5, 5.41) is 12.1. The van der Waals surface area contributed by atoms with Gasteiger partial charge < -0.3 is 19.9 Å². The second kappa shape index (κ2) is 11.9. The lowest BCUT2D eigenvalue weighted by Gasteiger charge is -2.32. The summed E-state index contributed by atoms with van der Waals surface area (Å²) in [7, 11) is 2.07. The first-order valence-electron chi connectivity index (χ1n) is 14.1. The number of likely N-dealkylation sites (N-methyl/N-ethyl adjacent to an activating group) is 1. The Labute approximate surface area is 245 Å². The van der Waals surface area contributed by atoms with Crippen LogP contribution < -0.4 is 0 Å². The van der Waals surface area contributed by atoms with Crippen molar-refractivity contribution >= 4 is 22.6 Å². The summed E-state index contributed by atoms with van der Waals surface area (Å²) in [6.45, 7) is 3.20. The molecule has 0 aliphatic carbocycles. The number of nitrogens with one attached hydrogen (secondary N) is 1. The molecule has 1 fully saturated rings. The summed E-state index contributed by atoms with van der Waals surface area (Å²) in [5.74, 6) is 6.13. The van der Waals surface area contributed by atoms with E-state index in [4.69, 9.17) is 0 Å². The molecule has 1 amide bonds. The fourth-order valence-corrected chi connectivity index (χ4v) is 5.34. The zero-order valence-electron chi connectivity index (χ0n) is 23.4. The molecule has 0 bridgehead atoms. The van der Waals surface area contributed by atoms with Gasteiger partial charge in [0.25, 0.3) is 5.91 Å². The molecule has 6 nitrogen and oxygen atoms in total. The van der Waals surface area contributed by atoms with Crippen molar-refractivity contribution in [2.24, 2.45) is 0 Å². The van der Waals surface area contributed by atoms with Crippen molar-refractivity contribution in [1.82, 2.24) is 14.8 Å². The fourth-order valence-electron chi connectivity index (χ4n) is 5.34. The van der Waals surface area contributed by atoms with Gasteiger partial charge in [0.15, 0.2) is 5.78 Å². The molecular weight excluding hydrogens is 522 g/mol. The van der Waals surface area contributed by atoms with E-state index < -0.39 is 11.9 Å². The first-order chi connectivity index (χ1) is 20.5. The van der Waals surface area contributed by atoms with E-state index in [1.807, 2.05) is 71.8 Å². The minimum Gasteiger partial charge on any atom is -0.380 e. The van der Waals surface area contributed by atoms with Gasteiger partial charge in [0.1, 0.15) is 6.10 Å². The Bertz CT molecular complexity index is 1810. The van der Waals surface area contributed by atoms with Crippen molar-refractivity contribution in [2.45, 2.75) is 6.10 Å². The second-order valence-corrected chi connectivity index (χ2v) is 10.6. The van der Waals surface area contributed by atoms with Crippen molar-refractivity contribution in [3.8, 4) is 23.0 Å². The van der Waals surface area contributed by atoms with Crippen molar-refractivity contribution in [3.63, 3.8) is 0 Å². The number of rotatable bonds is 5. The van der Waals surface area contributed by atoms with Crippen molar-refractivity contribution in [3.05, 3.63) is 131 Å². The van der Waals surface area contributed by atoms with Crippen LogP contribution in [0.1, 0.15) is 43.5 Å². The molecule has 1 aliphatic heterocycles. The number of fused-ring (bicyclic) bond motifs is 1. The predicted molar refractivity (Wildman–Crippen MR) is 165 cm³/mol. The molecule has 0 radical (unpaired) electrons. The number of hydrogen-bond acceptors (Lipinski definition) is 4. The number of nitrogens with zero attached hydrogens (tertiary/aromatic N) is 2. The molecule has 6 rings (SSSR count). The van der Waals surface area contributed by atoms with Gasteiger partial charge in [-0.05, 0) is 66.0 Å². The molecule has 208 valence electrons. The molecule has 0 spiro atoms. The number of Topliss-reactive ketones (excluding diaryl/α,β-unsaturated/α-hetero) is 1. The molecule has 1 saturated heterocycles. The molecule has 5 aromatic rings. The van der Waals surface area contributed by atoms with Crippen LogP contribution in [0.25, 0.3) is 22.0 Å². The largest absolute Gasteiger partial charge is 0.380 e. The maximum atomic E-state index is 13.7. The lowest BCUT2D eigenvalue weighted by Crippen LogP contribution is -2.47. The number of aliphatic hydroxyl groups excluding tert-OH is 1. The van der Waals surface area contributed by atoms with Gasteiger partial charge in [-0.2, -0.15) is 0 Å². The number of carbonyl (C=O) groups excluding carboxylic acids is 2. The van der Waals surface area contributed by atoms with E-state index >= 15 is 0 Å². The highest BCUT2D eigenvalue weighted by molar-refractivity contribution is 6.07. The van der Waals surface area contributed by atoms with Crippen LogP contribution in [0.15, 0.2) is 103 Å². The molecule has 2 heterocycles. The quantitative estimate of drug-likeness (QED) is 0.221. The van der Waals surface area contributed by atoms with Gasteiger partial charge in [-0.1, -0.05) is 66.4 Å². The highest BCUT2D eigenvalue weighted by atomic mass is 16.3. The smallest absolute Gasteiger partial charge is 0.253 e. The van der Waals surface area contributed by atoms with Crippen LogP contribution in [0.5, 0.6) is 0 Å². The number of aromatic nitrogens is 1. The van der Waals surface area contributed by atoms with Crippen molar-refractivity contribution in [1.29, 1.82) is 0 Å². The average molecular weight is 554 g/mol. The monoisotopic (exact) mass is 553 g/mol. The zero-order valence-corrected chi connectivity index (χ0v) is 23.4. The maximum Gasteiger partial charge on any atom is 0.253 e. The Kier molecular flexibility index (Phi) is 7.70. The first kappa shape index (κ1) is 27.2. The summed E-state index contributed by atoms with van der Waals surface area (Å²) in [5.41, 5.74) is 5.45. The molecule has 42 heavy (non-hydrogen) atoms. The summed E-state index contributed by atoms with van der Waals surface area (Å²) in [6, 6.07) is 29.7. The number of aromatic amines is 1. The molecule has 1 atom stereocenters. The predicted octanol–water partition coefficient (Wildman–Crippen LogP) is 5.54. The SMILES string of the molecule is CN1CCN(C(=O)c2ccc(C#Cc3cccc(C(=O)C(O)c4ccccc4)c3-c3ccc4cc[nH]c4c3)cc2)CC1. The van der Waals surface area contributed by atoms with Crippen LogP contribution in [0.4, 0.5) is 0 Å². The number of benzene rings is 4. The molecule has 6 heteroatoms. The lowest BCUT2D eigenvalue weighted by molar-refractivity contribution is 0.0663. The Morgan fingerprint density at radius 2 is 1.60 bits per heavy atom. The summed E-state index contributed by atoms with van der Waals surface area (Å²) >= 11 is 0. The first-order valence-corrected chi connectivity index (χ1v) is 14.1. The summed E-state index contributed by atoms with van der Waals surface area (Å²) in [6.07, 6.45) is 0.580. The van der Waals surface area contributed by atoms with Crippen molar-refractivity contribution in [2.75, 3.05) is 33.2 Å². The summed E-state index contributed by atoms with van der Waals surface area (Å²) < 4.78 is 0. The van der Waals surface area contributed by atoms with Gasteiger partial charge in [0.05, 0.1) is 0 Å². The van der Waals surface area contributed by atoms with Crippen LogP contribution in [-0.2, 0) is 0 Å². The van der Waals surface area contributed by atoms with Gasteiger partial charge >= 0.3 is 0 Å². The number of carbonyl (C=O) groups is 2. The second-order valence-electron chi connectivity index (χ2n) is 10.6. The van der Waals surface area contributed by atoms with E-state index in [0.717, 1.165) is 48.2 Å². The van der Waals surface area contributed by atoms with E-state index in [0.29, 0.717) is 27.8 Å². The Balaban J connectivity index is 1.35. The highest BCUT2D eigenvalue weighted by Crippen LogP contribution is 2.33. The van der Waals surface area contributed by atoms with Crippen LogP contribution in [0.2, 0.25) is 0 Å². The Morgan fingerprint density at radius 1 is 0.833 bits per heavy atom. The zero-order chi connectivity index (χ0) is 29.1. The van der Waals surface area contributed by atoms with Crippen LogP contribution >= 0.6 is 0 Å². The minimum atomic E-state index is -1.30. The van der Waals surface area contributed by atoms with Crippen LogP contribution in [0, 0.1) is 11.8 Å². The number of piperazine rings is 1. The Morgan fingerprint density at radius 3 is 2.36 bits per heavy atom. The summed E-state index contributed by atoms with van der Waals surface area (Å²) in [4.78, 5) is 34.0. The Hall–Kier alpha value is -4.96. The molecule has 1 unspecified atom stereocenters. The molecule has 2 N–H and O–H groups in total. The van der Waals surface area contributed by atoms with Crippen LogP contribution in [0.3, 0.4) is 0 Å². The standard InChI is InChI=1S/C36H31N3O3/c1-38-20-22-39(23-21-38)36(42)29-14-11-25(12-15-29)10-13-27-8-5-9-31(35(41)34(40)28-6-3-2-4-7-28)33(27)30-17-16-26-18-19-37-32(26)24-30/h2-9,11-12,14-19,24,34,37,40H,20-23H2,1H3. The van der Waals surface area contributed by atoms with Gasteiger partial charge in [0.2, 0.25) is 0 Å². The van der Waals surface area contributed by atoms with Gasteiger partial charge in [-0.15, -0.1) is 0 Å². The van der Waals surface area contributed by atoms with Crippen LogP contribution in [-0.4, -0.2) is 64.8 Å². The number of aliphatic hydroxyl groups is 1. The average Bonchev–Trinajstić information content (AvgIpc) is 3.52. The number of amides is 1. The molecule has 4 aromatic carbocycles. The van der Waals surface area contributed by atoms with Gasteiger partial charge in [-0.3, -0.25) is 9.59 Å². The molecular formula is C36H31N3O3. The maximum absolute atomic E-state index is 13.7. The lowest BCUT2D eigenvalue weighted by atomic mass is 9.89. The number of hydrogen-bond donors (Lipinski definition) is 2.